The average molecular weight is 535 g/mol. The van der Waals surface area contributed by atoms with Crippen molar-refractivity contribution in [1.29, 1.82) is 0 Å². The van der Waals surface area contributed by atoms with Gasteiger partial charge in [0.1, 0.15) is 17.6 Å². The van der Waals surface area contributed by atoms with Gasteiger partial charge in [0.15, 0.2) is 0 Å². The van der Waals surface area contributed by atoms with E-state index in [2.05, 4.69) is 20.8 Å². The fourth-order valence-corrected chi connectivity index (χ4v) is 5.56. The summed E-state index contributed by atoms with van der Waals surface area (Å²) < 4.78 is 11.7. The Kier molecular flexibility index (Phi) is 9.68. The summed E-state index contributed by atoms with van der Waals surface area (Å²) in [7, 11) is 0. The maximum absolute atomic E-state index is 13.9. The smallest absolute Gasteiger partial charge is 0.295 e. The van der Waals surface area contributed by atoms with Crippen LogP contribution in [0.4, 0.5) is 0 Å². The minimum absolute atomic E-state index is 0.0266. The maximum atomic E-state index is 13.9. The summed E-state index contributed by atoms with van der Waals surface area (Å²) in [6.45, 7) is 12.4. The van der Waals surface area contributed by atoms with Crippen LogP contribution < -0.4 is 19.5 Å². The van der Waals surface area contributed by atoms with Crippen LogP contribution in [-0.4, -0.2) is 55.5 Å². The van der Waals surface area contributed by atoms with E-state index in [4.69, 9.17) is 9.47 Å². The molecule has 0 saturated carbocycles. The van der Waals surface area contributed by atoms with E-state index in [0.717, 1.165) is 67.9 Å². The van der Waals surface area contributed by atoms with Crippen LogP contribution in [0.25, 0.3) is 5.76 Å². The number of fused-ring (bicyclic) bond motifs is 1. The highest BCUT2D eigenvalue weighted by Gasteiger charge is 2.44. The van der Waals surface area contributed by atoms with E-state index in [-0.39, 0.29) is 11.7 Å². The highest BCUT2D eigenvalue weighted by Crippen LogP contribution is 2.40. The molecule has 2 aromatic carbocycles. The number of unbranched alkanes of at least 4 members (excludes halogenated alkanes) is 2. The molecule has 7 nitrogen and oxygen atoms in total. The molecule has 2 unspecified atom stereocenters. The van der Waals surface area contributed by atoms with E-state index in [1.165, 1.54) is 4.90 Å². The topological polar surface area (TPSA) is 83.3 Å². The molecule has 2 aliphatic heterocycles. The van der Waals surface area contributed by atoms with Crippen molar-refractivity contribution < 1.29 is 29.1 Å². The molecule has 39 heavy (non-hydrogen) atoms. The second kappa shape index (κ2) is 13.2. The van der Waals surface area contributed by atoms with Gasteiger partial charge in [-0.15, -0.1) is 0 Å². The number of likely N-dealkylation sites (tertiary alicyclic amines) is 1. The van der Waals surface area contributed by atoms with Gasteiger partial charge in [-0.1, -0.05) is 43.7 Å². The molecule has 0 radical (unpaired) electrons. The molecular formula is C32H42N2O5. The van der Waals surface area contributed by atoms with E-state index in [0.29, 0.717) is 25.1 Å². The number of nitrogens with one attached hydrogen (secondary N) is 1. The summed E-state index contributed by atoms with van der Waals surface area (Å²) in [5, 5.41) is 13.9. The van der Waals surface area contributed by atoms with Gasteiger partial charge in [-0.2, -0.15) is 0 Å². The van der Waals surface area contributed by atoms with Gasteiger partial charge in [-0.3, -0.25) is 9.59 Å². The van der Waals surface area contributed by atoms with Gasteiger partial charge < -0.3 is 24.4 Å². The number of ketones is 1. The van der Waals surface area contributed by atoms with E-state index in [9.17, 15) is 14.7 Å². The van der Waals surface area contributed by atoms with Crippen molar-refractivity contribution in [2.45, 2.75) is 71.9 Å². The number of Topliss-reactive ketones (excluding diaryl/α,β-unsaturated/α-hetero) is 1. The summed E-state index contributed by atoms with van der Waals surface area (Å²) in [5.41, 5.74) is 2.13. The lowest BCUT2D eigenvalue weighted by Gasteiger charge is -2.28. The highest BCUT2D eigenvalue weighted by atomic mass is 16.5. The Morgan fingerprint density at radius 3 is 2.49 bits per heavy atom. The monoisotopic (exact) mass is 534 g/mol. The van der Waals surface area contributed by atoms with E-state index in [1.54, 1.807) is 17.0 Å². The molecular weight excluding hydrogens is 492 g/mol. The molecule has 0 bridgehead atoms. The van der Waals surface area contributed by atoms with E-state index >= 15 is 0 Å². The normalized spacial score (nSPS) is 20.0. The van der Waals surface area contributed by atoms with E-state index < -0.39 is 23.5 Å². The Morgan fingerprint density at radius 2 is 1.79 bits per heavy atom. The summed E-state index contributed by atoms with van der Waals surface area (Å²) in [5.74, 6) is -0.189. The quantitative estimate of drug-likeness (QED) is 0.185. The number of hydrogen-bond donors (Lipinski definition) is 1. The molecule has 1 amide bonds. The molecule has 0 aromatic heterocycles. The van der Waals surface area contributed by atoms with Gasteiger partial charge in [-0.25, -0.2) is 0 Å². The zero-order valence-electron chi connectivity index (χ0n) is 23.8. The Hall–Kier alpha value is -3.32. The zero-order chi connectivity index (χ0) is 27.9. The Bertz CT molecular complexity index is 1190. The van der Waals surface area contributed by atoms with Crippen LogP contribution in [0.1, 0.15) is 76.1 Å². The van der Waals surface area contributed by atoms with Crippen molar-refractivity contribution in [2.24, 2.45) is 0 Å². The van der Waals surface area contributed by atoms with Crippen molar-refractivity contribution >= 4 is 17.4 Å². The second-order valence-corrected chi connectivity index (χ2v) is 10.6. The van der Waals surface area contributed by atoms with E-state index in [1.807, 2.05) is 37.3 Å². The van der Waals surface area contributed by atoms with Gasteiger partial charge in [0.2, 0.25) is 5.78 Å². The highest BCUT2D eigenvalue weighted by molar-refractivity contribution is 6.46. The molecule has 210 valence electrons. The molecule has 2 aromatic rings. The van der Waals surface area contributed by atoms with Crippen LogP contribution in [-0.2, 0) is 16.0 Å². The van der Waals surface area contributed by atoms with Crippen LogP contribution in [0.15, 0.2) is 48.0 Å². The van der Waals surface area contributed by atoms with Crippen molar-refractivity contribution in [3.63, 3.8) is 0 Å². The predicted molar refractivity (Wildman–Crippen MR) is 150 cm³/mol. The van der Waals surface area contributed by atoms with Gasteiger partial charge in [0.05, 0.1) is 32.3 Å². The number of nitrogens with zero attached hydrogens (tertiary/aromatic N) is 1. The minimum atomic E-state index is -0.721. The van der Waals surface area contributed by atoms with Crippen LogP contribution in [0.2, 0.25) is 0 Å². The first-order valence-electron chi connectivity index (χ1n) is 14.5. The maximum Gasteiger partial charge on any atom is 0.295 e. The lowest BCUT2D eigenvalue weighted by molar-refractivity contribution is -0.896. The third kappa shape index (κ3) is 6.47. The number of ether oxygens (including phenoxy) is 2. The van der Waals surface area contributed by atoms with Gasteiger partial charge in [-0.05, 0) is 68.1 Å². The number of hydrogen-bond acceptors (Lipinski definition) is 5. The molecule has 4 rings (SSSR count). The Labute approximate surface area is 232 Å². The minimum Gasteiger partial charge on any atom is -0.872 e. The third-order valence-electron chi connectivity index (χ3n) is 7.83. The molecule has 7 heteroatoms. The summed E-state index contributed by atoms with van der Waals surface area (Å²) in [6, 6.07) is 12.1. The van der Waals surface area contributed by atoms with Crippen LogP contribution >= 0.6 is 0 Å². The fraction of sp³-hybridized carbons (Fsp3) is 0.500. The van der Waals surface area contributed by atoms with Crippen molar-refractivity contribution in [2.75, 3.05) is 32.8 Å². The molecule has 2 aliphatic rings. The molecule has 2 heterocycles. The van der Waals surface area contributed by atoms with Crippen LogP contribution in [0.5, 0.6) is 11.5 Å². The number of quaternary nitrogens is 1. The number of amides is 1. The number of carbonyl (C=O) groups is 2. The lowest BCUT2D eigenvalue weighted by Crippen LogP contribution is -3.11. The van der Waals surface area contributed by atoms with Crippen LogP contribution in [0, 0.1) is 0 Å². The fourth-order valence-electron chi connectivity index (χ4n) is 5.56. The Balaban J connectivity index is 1.66. The standard InChI is InChI=1S/C32H42N2O5/c1-5-8-9-19-38-26-14-11-23(12-15-26)29-28(30(35)24-13-16-27-25(21-24)20-22(4)39-27)31(36)32(37)34(29)18-10-17-33(6-2)7-3/h11-16,21-22,29,35H,5-10,17-20H2,1-4H3. The Morgan fingerprint density at radius 1 is 1.05 bits per heavy atom. The van der Waals surface area contributed by atoms with Crippen molar-refractivity contribution in [1.82, 2.24) is 4.90 Å². The first-order valence-corrected chi connectivity index (χ1v) is 14.5. The first-order chi connectivity index (χ1) is 18.9. The molecule has 0 spiro atoms. The second-order valence-electron chi connectivity index (χ2n) is 10.6. The van der Waals surface area contributed by atoms with Crippen molar-refractivity contribution in [3.05, 3.63) is 64.7 Å². The summed E-state index contributed by atoms with van der Waals surface area (Å²) in [6.07, 6.45) is 4.74. The predicted octanol–water partition coefficient (Wildman–Crippen LogP) is 3.12. The summed E-state index contributed by atoms with van der Waals surface area (Å²) >= 11 is 0. The molecule has 1 fully saturated rings. The third-order valence-corrected chi connectivity index (χ3v) is 7.83. The van der Waals surface area contributed by atoms with Gasteiger partial charge >= 0.3 is 0 Å². The molecule has 2 atom stereocenters. The largest absolute Gasteiger partial charge is 0.872 e. The molecule has 1 N–H and O–H groups in total. The number of benzene rings is 2. The zero-order valence-corrected chi connectivity index (χ0v) is 23.8. The van der Waals surface area contributed by atoms with Gasteiger partial charge in [0, 0.05) is 25.0 Å². The SMILES string of the molecule is CCCCCOc1ccc(C2C(=C([O-])c3ccc4c(c3)CC(C)O4)C(=O)C(=O)N2CCC[NH+](CC)CC)cc1. The first kappa shape index (κ1) is 28.7. The average Bonchev–Trinajstić information content (AvgIpc) is 3.44. The number of carbonyl (C=O) groups excluding carboxylic acids is 2. The number of rotatable bonds is 13. The summed E-state index contributed by atoms with van der Waals surface area (Å²) in [4.78, 5) is 29.7. The van der Waals surface area contributed by atoms with Crippen molar-refractivity contribution in [3.8, 4) is 11.5 Å². The van der Waals surface area contributed by atoms with Gasteiger partial charge in [0.25, 0.3) is 5.91 Å². The van der Waals surface area contributed by atoms with Crippen LogP contribution in [0.3, 0.4) is 0 Å². The molecule has 1 saturated heterocycles. The lowest BCUT2D eigenvalue weighted by atomic mass is 9.94. The molecule has 0 aliphatic carbocycles.